The zero-order valence-electron chi connectivity index (χ0n) is 11.9. The first-order valence-electron chi connectivity index (χ1n) is 6.93. The second-order valence-corrected chi connectivity index (χ2v) is 5.11. The van der Waals surface area contributed by atoms with Crippen LogP contribution in [0, 0.1) is 11.2 Å². The number of amidine groups is 1. The SMILES string of the molecule is CCN(CC)CC(C)N1Cc2ccc(F)cc2C1=N. The van der Waals surface area contributed by atoms with Crippen molar-refractivity contribution >= 4 is 5.84 Å². The lowest BCUT2D eigenvalue weighted by Crippen LogP contribution is -2.42. The molecule has 0 bridgehead atoms. The lowest BCUT2D eigenvalue weighted by molar-refractivity contribution is 0.215. The lowest BCUT2D eigenvalue weighted by Gasteiger charge is -2.30. The summed E-state index contributed by atoms with van der Waals surface area (Å²) in [5.41, 5.74) is 1.80. The van der Waals surface area contributed by atoms with Gasteiger partial charge in [-0.3, -0.25) is 5.41 Å². The molecule has 0 aromatic heterocycles. The summed E-state index contributed by atoms with van der Waals surface area (Å²) in [6, 6.07) is 5.01. The maximum atomic E-state index is 13.3. The van der Waals surface area contributed by atoms with Crippen LogP contribution in [-0.4, -0.2) is 41.3 Å². The second kappa shape index (κ2) is 5.70. The number of nitrogens with one attached hydrogen (secondary N) is 1. The molecule has 1 unspecified atom stereocenters. The molecule has 1 heterocycles. The Morgan fingerprint density at radius 1 is 1.37 bits per heavy atom. The molecule has 1 aliphatic heterocycles. The number of hydrogen-bond donors (Lipinski definition) is 1. The van der Waals surface area contributed by atoms with Gasteiger partial charge in [0, 0.05) is 24.7 Å². The van der Waals surface area contributed by atoms with Gasteiger partial charge < -0.3 is 9.80 Å². The van der Waals surface area contributed by atoms with E-state index >= 15 is 0 Å². The molecule has 0 radical (unpaired) electrons. The number of halogens is 1. The summed E-state index contributed by atoms with van der Waals surface area (Å²) in [4.78, 5) is 4.41. The number of rotatable bonds is 5. The third-order valence-electron chi connectivity index (χ3n) is 3.90. The van der Waals surface area contributed by atoms with Crippen LogP contribution in [0.2, 0.25) is 0 Å². The quantitative estimate of drug-likeness (QED) is 0.885. The molecule has 0 spiro atoms. The summed E-state index contributed by atoms with van der Waals surface area (Å²) in [5.74, 6) is 0.191. The summed E-state index contributed by atoms with van der Waals surface area (Å²) >= 11 is 0. The van der Waals surface area contributed by atoms with Crippen LogP contribution in [0.3, 0.4) is 0 Å². The third-order valence-corrected chi connectivity index (χ3v) is 3.90. The zero-order chi connectivity index (χ0) is 14.0. The van der Waals surface area contributed by atoms with Crippen molar-refractivity contribution in [2.75, 3.05) is 19.6 Å². The molecule has 1 atom stereocenters. The van der Waals surface area contributed by atoms with E-state index in [1.165, 1.54) is 12.1 Å². The predicted molar refractivity (Wildman–Crippen MR) is 76.0 cm³/mol. The first-order chi connectivity index (χ1) is 9.06. The predicted octanol–water partition coefficient (Wildman–Crippen LogP) is 2.70. The Bertz CT molecular complexity index is 468. The smallest absolute Gasteiger partial charge is 0.129 e. The fourth-order valence-corrected chi connectivity index (χ4v) is 2.65. The molecule has 0 fully saturated rings. The van der Waals surface area contributed by atoms with E-state index in [2.05, 4.69) is 30.6 Å². The third kappa shape index (κ3) is 2.78. The Hall–Kier alpha value is -1.42. The van der Waals surface area contributed by atoms with E-state index in [0.29, 0.717) is 5.84 Å². The van der Waals surface area contributed by atoms with Crippen LogP contribution in [0.25, 0.3) is 0 Å². The van der Waals surface area contributed by atoms with E-state index in [4.69, 9.17) is 5.41 Å². The first kappa shape index (κ1) is 14.0. The van der Waals surface area contributed by atoms with Crippen molar-refractivity contribution in [3.05, 3.63) is 35.1 Å². The number of hydrogen-bond acceptors (Lipinski definition) is 2. The van der Waals surface area contributed by atoms with Gasteiger partial charge in [-0.25, -0.2) is 4.39 Å². The van der Waals surface area contributed by atoms with Gasteiger partial charge in [0.05, 0.1) is 0 Å². The van der Waals surface area contributed by atoms with Gasteiger partial charge in [0.1, 0.15) is 11.7 Å². The molecule has 1 aromatic carbocycles. The highest BCUT2D eigenvalue weighted by atomic mass is 19.1. The molecule has 19 heavy (non-hydrogen) atoms. The van der Waals surface area contributed by atoms with Gasteiger partial charge in [0.25, 0.3) is 0 Å². The highest BCUT2D eigenvalue weighted by Gasteiger charge is 2.28. The number of likely N-dealkylation sites (N-methyl/N-ethyl adjacent to an activating group) is 1. The van der Waals surface area contributed by atoms with Crippen LogP contribution >= 0.6 is 0 Å². The van der Waals surface area contributed by atoms with Crippen molar-refractivity contribution in [2.45, 2.75) is 33.4 Å². The van der Waals surface area contributed by atoms with E-state index < -0.39 is 0 Å². The number of fused-ring (bicyclic) bond motifs is 1. The number of nitrogens with zero attached hydrogens (tertiary/aromatic N) is 2. The largest absolute Gasteiger partial charge is 0.348 e. The standard InChI is InChI=1S/C15H22FN3/c1-4-18(5-2)9-11(3)19-10-12-6-7-13(16)8-14(12)15(19)17/h6-8,11,17H,4-5,9-10H2,1-3H3. The molecule has 4 heteroatoms. The van der Waals surface area contributed by atoms with Crippen LogP contribution < -0.4 is 0 Å². The van der Waals surface area contributed by atoms with E-state index in [-0.39, 0.29) is 11.9 Å². The van der Waals surface area contributed by atoms with Gasteiger partial charge in [-0.05, 0) is 37.7 Å². The molecule has 104 valence electrons. The lowest BCUT2D eigenvalue weighted by atomic mass is 10.1. The number of benzene rings is 1. The molecule has 1 N–H and O–H groups in total. The molecule has 0 aliphatic carbocycles. The molecular weight excluding hydrogens is 241 g/mol. The Labute approximate surface area is 114 Å². The van der Waals surface area contributed by atoms with Crippen LogP contribution in [0.5, 0.6) is 0 Å². The van der Waals surface area contributed by atoms with Crippen LogP contribution in [0.4, 0.5) is 4.39 Å². The van der Waals surface area contributed by atoms with E-state index in [1.807, 2.05) is 0 Å². The molecule has 0 saturated carbocycles. The van der Waals surface area contributed by atoms with Crippen molar-refractivity contribution in [1.82, 2.24) is 9.80 Å². The van der Waals surface area contributed by atoms with Gasteiger partial charge in [-0.15, -0.1) is 0 Å². The fraction of sp³-hybridized carbons (Fsp3) is 0.533. The summed E-state index contributed by atoms with van der Waals surface area (Å²) in [6.45, 7) is 10.1. The highest BCUT2D eigenvalue weighted by Crippen LogP contribution is 2.25. The Kier molecular flexibility index (Phi) is 4.20. The minimum Gasteiger partial charge on any atom is -0.348 e. The molecule has 3 nitrogen and oxygen atoms in total. The Balaban J connectivity index is 2.11. The zero-order valence-corrected chi connectivity index (χ0v) is 11.9. The minimum absolute atomic E-state index is 0.262. The van der Waals surface area contributed by atoms with Gasteiger partial charge in [-0.1, -0.05) is 19.9 Å². The van der Waals surface area contributed by atoms with Crippen molar-refractivity contribution in [3.63, 3.8) is 0 Å². The van der Waals surface area contributed by atoms with E-state index in [0.717, 1.165) is 37.3 Å². The summed E-state index contributed by atoms with van der Waals surface area (Å²) in [6.07, 6.45) is 0. The minimum atomic E-state index is -0.262. The Morgan fingerprint density at radius 2 is 2.05 bits per heavy atom. The highest BCUT2D eigenvalue weighted by molar-refractivity contribution is 6.00. The summed E-state index contributed by atoms with van der Waals surface area (Å²) < 4.78 is 13.3. The molecule has 0 amide bonds. The van der Waals surface area contributed by atoms with Crippen molar-refractivity contribution < 1.29 is 4.39 Å². The van der Waals surface area contributed by atoms with E-state index in [1.54, 1.807) is 6.07 Å². The summed E-state index contributed by atoms with van der Waals surface area (Å²) in [5, 5.41) is 8.21. The molecule has 1 aliphatic rings. The first-order valence-corrected chi connectivity index (χ1v) is 6.93. The van der Waals surface area contributed by atoms with Crippen molar-refractivity contribution in [1.29, 1.82) is 5.41 Å². The monoisotopic (exact) mass is 263 g/mol. The second-order valence-electron chi connectivity index (χ2n) is 5.11. The van der Waals surface area contributed by atoms with Crippen molar-refractivity contribution in [2.24, 2.45) is 0 Å². The van der Waals surface area contributed by atoms with Gasteiger partial charge in [-0.2, -0.15) is 0 Å². The average molecular weight is 263 g/mol. The van der Waals surface area contributed by atoms with Crippen LogP contribution in [-0.2, 0) is 6.54 Å². The van der Waals surface area contributed by atoms with Crippen molar-refractivity contribution in [3.8, 4) is 0 Å². The van der Waals surface area contributed by atoms with Crippen LogP contribution in [0.15, 0.2) is 18.2 Å². The van der Waals surface area contributed by atoms with Gasteiger partial charge >= 0.3 is 0 Å². The average Bonchev–Trinajstić information content (AvgIpc) is 2.73. The van der Waals surface area contributed by atoms with Crippen LogP contribution in [0.1, 0.15) is 31.9 Å². The maximum Gasteiger partial charge on any atom is 0.129 e. The molecular formula is C15H22FN3. The van der Waals surface area contributed by atoms with Gasteiger partial charge in [0.15, 0.2) is 0 Å². The molecule has 1 aromatic rings. The molecule has 0 saturated heterocycles. The van der Waals surface area contributed by atoms with Gasteiger partial charge in [0.2, 0.25) is 0 Å². The fourth-order valence-electron chi connectivity index (χ4n) is 2.65. The molecule has 2 rings (SSSR count). The normalized spacial score (nSPS) is 16.1. The topological polar surface area (TPSA) is 30.3 Å². The Morgan fingerprint density at radius 3 is 2.68 bits per heavy atom. The summed E-state index contributed by atoms with van der Waals surface area (Å²) in [7, 11) is 0. The maximum absolute atomic E-state index is 13.3. The van der Waals surface area contributed by atoms with E-state index in [9.17, 15) is 4.39 Å².